The van der Waals surface area contributed by atoms with Crippen LogP contribution in [0.2, 0.25) is 0 Å². The third-order valence-corrected chi connectivity index (χ3v) is 4.28. The molecule has 1 aliphatic rings. The topological polar surface area (TPSA) is 53.4 Å². The molecule has 0 amide bonds. The van der Waals surface area contributed by atoms with Gasteiger partial charge in [-0.1, -0.05) is 22.0 Å². The molecule has 0 fully saturated rings. The molecule has 0 saturated carbocycles. The summed E-state index contributed by atoms with van der Waals surface area (Å²) in [5.41, 5.74) is 3.01. The van der Waals surface area contributed by atoms with Crippen molar-refractivity contribution in [2.75, 3.05) is 11.4 Å². The van der Waals surface area contributed by atoms with Crippen molar-refractivity contribution in [3.63, 3.8) is 0 Å². The van der Waals surface area contributed by atoms with Gasteiger partial charge in [0.2, 0.25) is 0 Å². The maximum atomic E-state index is 11.4. The molecule has 1 N–H and O–H groups in total. The molecule has 1 aliphatic heterocycles. The van der Waals surface area contributed by atoms with Crippen molar-refractivity contribution in [3.05, 3.63) is 58.3 Å². The summed E-state index contributed by atoms with van der Waals surface area (Å²) in [5, 5.41) is 9.41. The highest BCUT2D eigenvalue weighted by Gasteiger charge is 2.30. The van der Waals surface area contributed by atoms with Crippen LogP contribution in [-0.4, -0.2) is 22.6 Å². The zero-order chi connectivity index (χ0) is 14.8. The van der Waals surface area contributed by atoms with Crippen LogP contribution in [0.15, 0.2) is 47.2 Å². The Labute approximate surface area is 131 Å². The lowest BCUT2D eigenvalue weighted by Gasteiger charge is -2.34. The Morgan fingerprint density at radius 3 is 3.00 bits per heavy atom. The summed E-state index contributed by atoms with van der Waals surface area (Å²) in [6, 6.07) is 9.82. The molecular weight excluding hydrogens is 332 g/mol. The number of hydrogen-bond donors (Lipinski definition) is 1. The van der Waals surface area contributed by atoms with E-state index in [0.717, 1.165) is 34.4 Å². The van der Waals surface area contributed by atoms with Crippen LogP contribution < -0.4 is 4.90 Å². The molecule has 5 heteroatoms. The largest absolute Gasteiger partial charge is 0.481 e. The van der Waals surface area contributed by atoms with Gasteiger partial charge >= 0.3 is 5.97 Å². The number of carboxylic acids is 1. The van der Waals surface area contributed by atoms with E-state index in [1.54, 1.807) is 6.20 Å². The van der Waals surface area contributed by atoms with Gasteiger partial charge in [0.25, 0.3) is 0 Å². The van der Waals surface area contributed by atoms with E-state index >= 15 is 0 Å². The van der Waals surface area contributed by atoms with Gasteiger partial charge in [0.15, 0.2) is 0 Å². The van der Waals surface area contributed by atoms with Crippen molar-refractivity contribution >= 4 is 27.6 Å². The van der Waals surface area contributed by atoms with Gasteiger partial charge in [-0.2, -0.15) is 0 Å². The van der Waals surface area contributed by atoms with Crippen molar-refractivity contribution in [2.24, 2.45) is 0 Å². The second kappa shape index (κ2) is 5.85. The Bertz CT molecular complexity index is 661. The first-order chi connectivity index (χ1) is 10.1. The van der Waals surface area contributed by atoms with E-state index in [-0.39, 0.29) is 0 Å². The standard InChI is InChI=1S/C16H15BrN2O2/c17-12-3-4-15-14(8-12)13(16(20)21)5-7-19(15)10-11-2-1-6-18-9-11/h1-4,6,8-9,13H,5,7,10H2,(H,20,21). The predicted octanol–water partition coefficient (Wildman–Crippen LogP) is 3.42. The molecule has 108 valence electrons. The molecule has 1 unspecified atom stereocenters. The van der Waals surface area contributed by atoms with Crippen LogP contribution >= 0.6 is 15.9 Å². The first-order valence-corrected chi connectivity index (χ1v) is 7.60. The molecule has 4 nitrogen and oxygen atoms in total. The van der Waals surface area contributed by atoms with Crippen LogP contribution in [0.4, 0.5) is 5.69 Å². The average Bonchev–Trinajstić information content (AvgIpc) is 2.48. The number of halogens is 1. The van der Waals surface area contributed by atoms with Gasteiger partial charge < -0.3 is 10.0 Å². The average molecular weight is 347 g/mol. The first-order valence-electron chi connectivity index (χ1n) is 6.81. The molecule has 1 aromatic heterocycles. The molecule has 1 atom stereocenters. The smallest absolute Gasteiger partial charge is 0.311 e. The SMILES string of the molecule is O=C(O)C1CCN(Cc2cccnc2)c2ccc(Br)cc21. The van der Waals surface area contributed by atoms with Crippen LogP contribution in [0.3, 0.4) is 0 Å². The van der Waals surface area contributed by atoms with Crippen molar-refractivity contribution in [1.82, 2.24) is 4.98 Å². The van der Waals surface area contributed by atoms with Gasteiger partial charge in [0.1, 0.15) is 0 Å². The first kappa shape index (κ1) is 14.1. The molecule has 3 rings (SSSR count). The highest BCUT2D eigenvalue weighted by molar-refractivity contribution is 9.10. The highest BCUT2D eigenvalue weighted by atomic mass is 79.9. The van der Waals surface area contributed by atoms with E-state index < -0.39 is 11.9 Å². The molecular formula is C16H15BrN2O2. The molecule has 21 heavy (non-hydrogen) atoms. The number of fused-ring (bicyclic) bond motifs is 1. The molecule has 0 bridgehead atoms. The second-order valence-corrected chi connectivity index (χ2v) is 6.08. The number of anilines is 1. The summed E-state index contributed by atoms with van der Waals surface area (Å²) in [5.74, 6) is -1.18. The summed E-state index contributed by atoms with van der Waals surface area (Å²) < 4.78 is 0.913. The van der Waals surface area contributed by atoms with Gasteiger partial charge in [0, 0.05) is 35.6 Å². The maximum Gasteiger partial charge on any atom is 0.311 e. The van der Waals surface area contributed by atoms with Crippen molar-refractivity contribution in [2.45, 2.75) is 18.9 Å². The number of rotatable bonds is 3. The van der Waals surface area contributed by atoms with Crippen LogP contribution in [0.25, 0.3) is 0 Å². The van der Waals surface area contributed by atoms with Crippen molar-refractivity contribution < 1.29 is 9.90 Å². The number of aliphatic carboxylic acids is 1. The number of carboxylic acid groups (broad SMARTS) is 1. The van der Waals surface area contributed by atoms with Gasteiger partial charge in [-0.15, -0.1) is 0 Å². The molecule has 0 saturated heterocycles. The molecule has 2 aromatic rings. The van der Waals surface area contributed by atoms with Crippen LogP contribution in [0.5, 0.6) is 0 Å². The van der Waals surface area contributed by atoms with Crippen LogP contribution in [0, 0.1) is 0 Å². The fourth-order valence-electron chi connectivity index (χ4n) is 2.79. The van der Waals surface area contributed by atoms with Gasteiger partial charge in [-0.25, -0.2) is 0 Å². The van der Waals surface area contributed by atoms with Crippen molar-refractivity contribution in [1.29, 1.82) is 0 Å². The Hall–Kier alpha value is -1.88. The van der Waals surface area contributed by atoms with E-state index in [1.807, 2.05) is 36.5 Å². The Balaban J connectivity index is 1.95. The van der Waals surface area contributed by atoms with Gasteiger partial charge in [0.05, 0.1) is 5.92 Å². The minimum absolute atomic E-state index is 0.428. The fraction of sp³-hybridized carbons (Fsp3) is 0.250. The third kappa shape index (κ3) is 2.93. The zero-order valence-electron chi connectivity index (χ0n) is 11.4. The molecule has 0 radical (unpaired) electrons. The normalized spacial score (nSPS) is 17.4. The maximum absolute atomic E-state index is 11.4. The summed E-state index contributed by atoms with van der Waals surface area (Å²) in [7, 11) is 0. The summed E-state index contributed by atoms with van der Waals surface area (Å²) in [4.78, 5) is 17.8. The van der Waals surface area contributed by atoms with E-state index in [0.29, 0.717) is 6.42 Å². The lowest BCUT2D eigenvalue weighted by molar-refractivity contribution is -0.139. The van der Waals surface area contributed by atoms with Gasteiger partial charge in [-0.3, -0.25) is 9.78 Å². The van der Waals surface area contributed by atoms with E-state index in [2.05, 4.69) is 25.8 Å². The minimum Gasteiger partial charge on any atom is -0.481 e. The third-order valence-electron chi connectivity index (χ3n) is 3.79. The number of benzene rings is 1. The van der Waals surface area contributed by atoms with E-state index in [1.165, 1.54) is 0 Å². The summed E-state index contributed by atoms with van der Waals surface area (Å²) in [6.07, 6.45) is 4.23. The quantitative estimate of drug-likeness (QED) is 0.924. The number of carbonyl (C=O) groups is 1. The fourth-order valence-corrected chi connectivity index (χ4v) is 3.16. The van der Waals surface area contributed by atoms with Crippen molar-refractivity contribution in [3.8, 4) is 0 Å². The molecule has 0 aliphatic carbocycles. The Kier molecular flexibility index (Phi) is 3.92. The monoisotopic (exact) mass is 346 g/mol. The minimum atomic E-state index is -0.754. The number of nitrogens with zero attached hydrogens (tertiary/aromatic N) is 2. The lowest BCUT2D eigenvalue weighted by Crippen LogP contribution is -2.33. The molecule has 0 spiro atoms. The highest BCUT2D eigenvalue weighted by Crippen LogP contribution is 2.37. The molecule has 2 heterocycles. The number of pyridine rings is 1. The molecule has 1 aromatic carbocycles. The van der Waals surface area contributed by atoms with Crippen LogP contribution in [-0.2, 0) is 11.3 Å². The number of aromatic nitrogens is 1. The van der Waals surface area contributed by atoms with E-state index in [9.17, 15) is 9.90 Å². The second-order valence-electron chi connectivity index (χ2n) is 5.17. The predicted molar refractivity (Wildman–Crippen MR) is 84.4 cm³/mol. The van der Waals surface area contributed by atoms with E-state index in [4.69, 9.17) is 0 Å². The summed E-state index contributed by atoms with van der Waals surface area (Å²) >= 11 is 3.43. The zero-order valence-corrected chi connectivity index (χ0v) is 13.0. The van der Waals surface area contributed by atoms with Crippen LogP contribution in [0.1, 0.15) is 23.5 Å². The summed E-state index contributed by atoms with van der Waals surface area (Å²) in [6.45, 7) is 1.48. The number of hydrogen-bond acceptors (Lipinski definition) is 3. The Morgan fingerprint density at radius 1 is 1.43 bits per heavy atom. The van der Waals surface area contributed by atoms with Gasteiger partial charge in [-0.05, 0) is 41.8 Å². The lowest BCUT2D eigenvalue weighted by atomic mass is 9.90. The Morgan fingerprint density at radius 2 is 2.29 bits per heavy atom.